The molecule has 13 heavy (non-hydrogen) atoms. The first-order valence-corrected chi connectivity index (χ1v) is 4.52. The number of aromatic nitrogens is 1. The van der Waals surface area contributed by atoms with Crippen molar-refractivity contribution in [2.45, 2.75) is 0 Å². The molecule has 0 aromatic carbocycles. The normalized spacial score (nSPS) is 10.1. The van der Waals surface area contributed by atoms with Gasteiger partial charge in [0, 0.05) is 6.20 Å². The monoisotopic (exact) mass is 209 g/mol. The summed E-state index contributed by atoms with van der Waals surface area (Å²) in [6.07, 6.45) is 1.57. The van der Waals surface area contributed by atoms with Crippen molar-refractivity contribution >= 4 is 13.8 Å². The Morgan fingerprint density at radius 1 is 1.38 bits per heavy atom. The number of carboxylic acids is 1. The fraction of sp³-hybridized carbons (Fsp3) is 0. The van der Waals surface area contributed by atoms with Crippen LogP contribution in [0.15, 0.2) is 18.3 Å². The van der Waals surface area contributed by atoms with E-state index in [0.29, 0.717) is 0 Å². The predicted octanol–water partition coefficient (Wildman–Crippen LogP) is -0.216. The molecule has 8 heteroatoms. The fourth-order valence-corrected chi connectivity index (χ4v) is 0.463. The number of carboxylic acid groups (broad SMARTS) is 1. The quantitative estimate of drug-likeness (QED) is 0.406. The molecule has 1 rings (SSSR count). The minimum Gasteiger partial charge on any atom is -0.477 e. The van der Waals surface area contributed by atoms with Crippen LogP contribution in [0.3, 0.4) is 0 Å². The maximum Gasteiger partial charge on any atom is 0.466 e. The third-order valence-electron chi connectivity index (χ3n) is 0.828. The van der Waals surface area contributed by atoms with Crippen LogP contribution in [-0.4, -0.2) is 30.7 Å². The highest BCUT2D eigenvalue weighted by molar-refractivity contribution is 7.45. The molecule has 7 nitrogen and oxygen atoms in total. The van der Waals surface area contributed by atoms with Crippen molar-refractivity contribution in [2.24, 2.45) is 0 Å². The number of aromatic carboxylic acids is 1. The van der Waals surface area contributed by atoms with Gasteiger partial charge in [-0.05, 0) is 12.1 Å². The summed E-state index contributed by atoms with van der Waals surface area (Å²) in [6.45, 7) is 0. The number of hydrogen-bond donors (Lipinski definition) is 5. The van der Waals surface area contributed by atoms with E-state index in [-0.39, 0.29) is 5.69 Å². The molecule has 0 fully saturated rings. The van der Waals surface area contributed by atoms with Crippen LogP contribution in [0.25, 0.3) is 0 Å². The lowest BCUT2D eigenvalue weighted by molar-refractivity contribution is 0.0691. The van der Waals surface area contributed by atoms with Gasteiger partial charge in [0.05, 0.1) is 0 Å². The van der Waals surface area contributed by atoms with Gasteiger partial charge >= 0.3 is 13.8 Å². The summed E-state index contributed by atoms with van der Waals surface area (Å²) in [4.78, 5) is 34.1. The van der Waals surface area contributed by atoms with Crippen LogP contribution >= 0.6 is 7.82 Å². The van der Waals surface area contributed by atoms with Crippen molar-refractivity contribution in [2.75, 3.05) is 0 Å². The molecule has 0 radical (unpaired) electrons. The summed E-state index contributed by atoms with van der Waals surface area (Å²) >= 11 is 0. The Labute approximate surface area is 72.9 Å². The van der Waals surface area contributed by atoms with E-state index in [0.717, 1.165) is 0 Å². The van der Waals surface area contributed by atoms with E-state index in [4.69, 9.17) is 24.4 Å². The molecule has 0 saturated carbocycles. The molecule has 0 aliphatic carbocycles. The maximum atomic E-state index is 10.0. The third kappa shape index (κ3) is 8.77. The van der Waals surface area contributed by atoms with Crippen molar-refractivity contribution in [1.82, 2.24) is 4.98 Å². The van der Waals surface area contributed by atoms with Crippen LogP contribution in [0.2, 0.25) is 0 Å². The van der Waals surface area contributed by atoms with E-state index in [9.17, 15) is 4.79 Å². The van der Waals surface area contributed by atoms with E-state index in [1.807, 2.05) is 0 Å². The van der Waals surface area contributed by atoms with E-state index in [1.54, 1.807) is 12.3 Å². The second kappa shape index (κ2) is 4.78. The molecule has 0 atom stereocenters. The Hall–Kier alpha value is -1.14. The highest BCUT2D eigenvalue weighted by atomic mass is 31.2. The maximum absolute atomic E-state index is 10.0. The van der Waals surface area contributed by atoms with Crippen molar-refractivity contribution in [1.29, 1.82) is 0 Å². The van der Waals surface area contributed by atoms with Gasteiger partial charge in [-0.3, -0.25) is 0 Å². The minimum absolute atomic E-state index is 0.227. The second-order valence-electron chi connectivity index (χ2n) is 1.90. The van der Waals surface area contributed by atoms with E-state index in [2.05, 4.69) is 4.98 Å². The highest BCUT2D eigenvalue weighted by Gasteiger charge is 2.00. The summed E-state index contributed by atoms with van der Waals surface area (Å²) in [6, 6.07) is 3.14. The number of hydrogen-bond acceptors (Lipinski definition) is 2. The number of rotatable bonds is 1. The Kier molecular flexibility index (Phi) is 4.36. The minimum atomic E-state index is -4.64. The largest absolute Gasteiger partial charge is 0.477 e. The van der Waals surface area contributed by atoms with Crippen molar-refractivity contribution in [3.05, 3.63) is 24.0 Å². The zero-order valence-electron chi connectivity index (χ0n) is 6.28. The fourth-order valence-electron chi connectivity index (χ4n) is 0.463. The smallest absolute Gasteiger partial charge is 0.466 e. The number of H-pyrrole nitrogens is 1. The van der Waals surface area contributed by atoms with Gasteiger partial charge in [0.25, 0.3) is 0 Å². The number of aromatic amines is 1. The number of carbonyl (C=O) groups is 1. The van der Waals surface area contributed by atoms with Crippen molar-refractivity contribution < 1.29 is 29.1 Å². The van der Waals surface area contributed by atoms with Crippen LogP contribution < -0.4 is 0 Å². The molecule has 0 unspecified atom stereocenters. The molecule has 74 valence electrons. The highest BCUT2D eigenvalue weighted by Crippen LogP contribution is 2.25. The first-order valence-electron chi connectivity index (χ1n) is 2.95. The lowest BCUT2D eigenvalue weighted by Gasteiger charge is -1.82. The first-order chi connectivity index (χ1) is 5.80. The molecule has 0 bridgehead atoms. The molecular weight excluding hydrogens is 201 g/mol. The van der Waals surface area contributed by atoms with Gasteiger partial charge in [-0.25, -0.2) is 9.36 Å². The Bertz CT molecular complexity index is 293. The SMILES string of the molecule is O=C(O)c1ccc[nH]1.O=P(O)(O)O. The average molecular weight is 209 g/mol. The van der Waals surface area contributed by atoms with Crippen molar-refractivity contribution in [3.63, 3.8) is 0 Å². The standard InChI is InChI=1S/C5H5NO2.H3O4P/c7-5(8)4-2-1-3-6-4;1-5(2,3)4/h1-3,6H,(H,7,8);(H3,1,2,3,4). The molecule has 0 aliphatic rings. The molecule has 1 heterocycles. The first kappa shape index (κ1) is 11.9. The average Bonchev–Trinajstić information content (AvgIpc) is 2.31. The van der Waals surface area contributed by atoms with Gasteiger partial charge in [0.15, 0.2) is 0 Å². The third-order valence-corrected chi connectivity index (χ3v) is 0.828. The molecule has 1 aromatic heterocycles. The lowest BCUT2D eigenvalue weighted by Crippen LogP contribution is -1.94. The zero-order chi connectivity index (χ0) is 10.5. The van der Waals surface area contributed by atoms with Gasteiger partial charge in [-0.2, -0.15) is 0 Å². The topological polar surface area (TPSA) is 131 Å². The predicted molar refractivity (Wildman–Crippen MR) is 42.0 cm³/mol. The Balaban J connectivity index is 0.000000252. The Morgan fingerprint density at radius 2 is 1.85 bits per heavy atom. The lowest BCUT2D eigenvalue weighted by atomic mass is 10.4. The summed E-state index contributed by atoms with van der Waals surface area (Å²) in [5.41, 5.74) is 0.227. The van der Waals surface area contributed by atoms with Crippen LogP contribution in [0.5, 0.6) is 0 Å². The van der Waals surface area contributed by atoms with Gasteiger partial charge in [-0.15, -0.1) is 0 Å². The summed E-state index contributed by atoms with van der Waals surface area (Å²) in [5, 5.41) is 8.24. The van der Waals surface area contributed by atoms with Crippen LogP contribution in [-0.2, 0) is 4.57 Å². The molecule has 0 saturated heterocycles. The molecule has 0 spiro atoms. The molecule has 1 aromatic rings. The van der Waals surface area contributed by atoms with Gasteiger partial charge < -0.3 is 24.8 Å². The molecule has 0 amide bonds. The van der Waals surface area contributed by atoms with Crippen LogP contribution in [0.4, 0.5) is 0 Å². The summed E-state index contributed by atoms with van der Waals surface area (Å²) in [7, 11) is -4.64. The van der Waals surface area contributed by atoms with Crippen LogP contribution in [0, 0.1) is 0 Å². The zero-order valence-corrected chi connectivity index (χ0v) is 7.18. The van der Waals surface area contributed by atoms with Crippen LogP contribution in [0.1, 0.15) is 10.5 Å². The summed E-state index contributed by atoms with van der Waals surface area (Å²) < 4.78 is 8.88. The number of nitrogens with one attached hydrogen (secondary N) is 1. The van der Waals surface area contributed by atoms with E-state index in [1.165, 1.54) is 6.07 Å². The van der Waals surface area contributed by atoms with Gasteiger partial charge in [0.1, 0.15) is 5.69 Å². The van der Waals surface area contributed by atoms with Crippen molar-refractivity contribution in [3.8, 4) is 0 Å². The molecular formula is C5H8NO6P. The van der Waals surface area contributed by atoms with E-state index < -0.39 is 13.8 Å². The van der Waals surface area contributed by atoms with Gasteiger partial charge in [-0.1, -0.05) is 0 Å². The summed E-state index contributed by atoms with van der Waals surface area (Å²) in [5.74, 6) is -0.921. The second-order valence-corrected chi connectivity index (χ2v) is 2.93. The molecule has 0 aliphatic heterocycles. The molecule has 5 N–H and O–H groups in total. The van der Waals surface area contributed by atoms with E-state index >= 15 is 0 Å². The Morgan fingerprint density at radius 3 is 2.00 bits per heavy atom. The number of phosphoric acid groups is 1. The van der Waals surface area contributed by atoms with Gasteiger partial charge in [0.2, 0.25) is 0 Å².